The number of rotatable bonds is 8. The lowest BCUT2D eigenvalue weighted by atomic mass is 10.0. The summed E-state index contributed by atoms with van der Waals surface area (Å²) in [6.07, 6.45) is 0. The number of hydrogen-bond donors (Lipinski definition) is 2. The van der Waals surface area contributed by atoms with E-state index in [4.69, 9.17) is 0 Å². The predicted molar refractivity (Wildman–Crippen MR) is 123 cm³/mol. The van der Waals surface area contributed by atoms with Crippen LogP contribution in [-0.4, -0.2) is 32.3 Å². The van der Waals surface area contributed by atoms with Gasteiger partial charge in [-0.3, -0.25) is 9.59 Å². The molecule has 0 aliphatic carbocycles. The third-order valence-electron chi connectivity index (χ3n) is 4.83. The summed E-state index contributed by atoms with van der Waals surface area (Å²) in [4.78, 5) is 24.7. The highest BCUT2D eigenvalue weighted by molar-refractivity contribution is 7.99. The van der Waals surface area contributed by atoms with Gasteiger partial charge in [-0.15, -0.1) is 10.2 Å². The van der Waals surface area contributed by atoms with Gasteiger partial charge in [0.15, 0.2) is 11.0 Å². The predicted octanol–water partition coefficient (Wildman–Crippen LogP) is 4.16. The van der Waals surface area contributed by atoms with Gasteiger partial charge in [0.2, 0.25) is 5.91 Å². The van der Waals surface area contributed by atoms with E-state index in [-0.39, 0.29) is 23.6 Å². The van der Waals surface area contributed by atoms with Crippen molar-refractivity contribution in [2.45, 2.75) is 37.9 Å². The van der Waals surface area contributed by atoms with Crippen molar-refractivity contribution < 1.29 is 9.59 Å². The molecule has 0 saturated heterocycles. The maximum absolute atomic E-state index is 12.4. The Hall–Kier alpha value is -3.13. The van der Waals surface area contributed by atoms with Crippen molar-refractivity contribution in [3.8, 4) is 0 Å². The zero-order chi connectivity index (χ0) is 22.4. The molecule has 7 nitrogen and oxygen atoms in total. The standard InChI is InChI=1S/C23H27N5O2S/c1-15(2)17-10-12-19(13-11-17)25-20(29)14-31-23-27-26-21(28(23)4)16(3)24-22(30)18-8-6-5-7-9-18/h5-13,15-16H,14H2,1-4H3,(H,24,30)(H,25,29)/t16-/m1/s1. The molecule has 8 heteroatoms. The summed E-state index contributed by atoms with van der Waals surface area (Å²) in [5.41, 5.74) is 2.59. The molecule has 3 aromatic rings. The summed E-state index contributed by atoms with van der Waals surface area (Å²) in [6, 6.07) is 16.6. The molecular formula is C23H27N5O2S. The molecule has 1 heterocycles. The number of nitrogens with zero attached hydrogens (tertiary/aromatic N) is 3. The Balaban J connectivity index is 1.54. The number of benzene rings is 2. The molecule has 0 spiro atoms. The number of nitrogens with one attached hydrogen (secondary N) is 2. The highest BCUT2D eigenvalue weighted by Gasteiger charge is 2.19. The number of anilines is 1. The van der Waals surface area contributed by atoms with Crippen molar-refractivity contribution in [3.63, 3.8) is 0 Å². The molecule has 1 aromatic heterocycles. The SMILES string of the molecule is CC(C)c1ccc(NC(=O)CSc2nnc([C@@H](C)NC(=O)c3ccccc3)n2C)cc1. The second-order valence-corrected chi connectivity index (χ2v) is 8.52. The molecule has 162 valence electrons. The van der Waals surface area contributed by atoms with E-state index in [0.717, 1.165) is 5.69 Å². The Morgan fingerprint density at radius 1 is 1.00 bits per heavy atom. The Kier molecular flexibility index (Phi) is 7.46. The molecule has 2 aromatic carbocycles. The van der Waals surface area contributed by atoms with Crippen molar-refractivity contribution >= 4 is 29.3 Å². The van der Waals surface area contributed by atoms with Gasteiger partial charge in [0, 0.05) is 18.3 Å². The first-order chi connectivity index (χ1) is 14.8. The first kappa shape index (κ1) is 22.6. The van der Waals surface area contributed by atoms with Crippen molar-refractivity contribution in [2.24, 2.45) is 7.05 Å². The fraction of sp³-hybridized carbons (Fsp3) is 0.304. The fourth-order valence-corrected chi connectivity index (χ4v) is 3.76. The van der Waals surface area contributed by atoms with Gasteiger partial charge < -0.3 is 15.2 Å². The molecule has 2 amide bonds. The van der Waals surface area contributed by atoms with E-state index in [1.165, 1.54) is 17.3 Å². The number of aromatic nitrogens is 3. The summed E-state index contributed by atoms with van der Waals surface area (Å²) in [5, 5.41) is 14.8. The zero-order valence-electron chi connectivity index (χ0n) is 18.1. The zero-order valence-corrected chi connectivity index (χ0v) is 18.9. The normalized spacial score (nSPS) is 11.9. The third-order valence-corrected chi connectivity index (χ3v) is 5.85. The minimum atomic E-state index is -0.326. The number of amides is 2. The van der Waals surface area contributed by atoms with Crippen LogP contribution in [0.15, 0.2) is 59.8 Å². The molecular weight excluding hydrogens is 410 g/mol. The molecule has 0 fully saturated rings. The van der Waals surface area contributed by atoms with Crippen molar-refractivity contribution in [1.29, 1.82) is 0 Å². The van der Waals surface area contributed by atoms with Crippen LogP contribution in [-0.2, 0) is 11.8 Å². The molecule has 1 atom stereocenters. The van der Waals surface area contributed by atoms with Crippen LogP contribution >= 0.6 is 11.8 Å². The molecule has 2 N–H and O–H groups in total. The molecule has 0 aliphatic rings. The summed E-state index contributed by atoms with van der Waals surface area (Å²) in [7, 11) is 1.82. The number of carbonyl (C=O) groups is 2. The van der Waals surface area contributed by atoms with Gasteiger partial charge in [-0.1, -0.05) is 55.9 Å². The van der Waals surface area contributed by atoms with E-state index in [1.54, 1.807) is 16.7 Å². The Morgan fingerprint density at radius 2 is 1.68 bits per heavy atom. The number of thioether (sulfide) groups is 1. The lowest BCUT2D eigenvalue weighted by Crippen LogP contribution is -2.28. The maximum atomic E-state index is 12.4. The van der Waals surface area contributed by atoms with E-state index >= 15 is 0 Å². The average molecular weight is 438 g/mol. The summed E-state index contributed by atoms with van der Waals surface area (Å²) >= 11 is 1.30. The van der Waals surface area contributed by atoms with Crippen molar-refractivity contribution in [3.05, 3.63) is 71.5 Å². The second-order valence-electron chi connectivity index (χ2n) is 7.57. The Labute approximate surface area is 186 Å². The lowest BCUT2D eigenvalue weighted by molar-refractivity contribution is -0.113. The van der Waals surface area contributed by atoms with Crippen LogP contribution < -0.4 is 10.6 Å². The fourth-order valence-electron chi connectivity index (χ4n) is 3.04. The summed E-state index contributed by atoms with van der Waals surface area (Å²) < 4.78 is 1.80. The van der Waals surface area contributed by atoms with E-state index in [0.29, 0.717) is 22.5 Å². The molecule has 31 heavy (non-hydrogen) atoms. The third kappa shape index (κ3) is 5.95. The van der Waals surface area contributed by atoms with Gasteiger partial charge in [-0.2, -0.15) is 0 Å². The van der Waals surface area contributed by atoms with Crippen LogP contribution in [0.5, 0.6) is 0 Å². The molecule has 3 rings (SSSR count). The highest BCUT2D eigenvalue weighted by Crippen LogP contribution is 2.21. The van der Waals surface area contributed by atoms with E-state index in [1.807, 2.05) is 56.4 Å². The summed E-state index contributed by atoms with van der Waals surface area (Å²) in [6.45, 7) is 6.12. The van der Waals surface area contributed by atoms with Gasteiger partial charge in [0.05, 0.1) is 11.8 Å². The molecule has 0 unspecified atom stereocenters. The van der Waals surface area contributed by atoms with Gasteiger partial charge >= 0.3 is 0 Å². The van der Waals surface area contributed by atoms with Crippen LogP contribution in [0.2, 0.25) is 0 Å². The van der Waals surface area contributed by atoms with E-state index in [9.17, 15) is 9.59 Å². The smallest absolute Gasteiger partial charge is 0.251 e. The highest BCUT2D eigenvalue weighted by atomic mass is 32.2. The Morgan fingerprint density at radius 3 is 2.32 bits per heavy atom. The van der Waals surface area contributed by atoms with Crippen molar-refractivity contribution in [2.75, 3.05) is 11.1 Å². The lowest BCUT2D eigenvalue weighted by Gasteiger charge is -2.13. The number of carbonyl (C=O) groups excluding carboxylic acids is 2. The minimum Gasteiger partial charge on any atom is -0.342 e. The van der Waals surface area contributed by atoms with E-state index < -0.39 is 0 Å². The van der Waals surface area contributed by atoms with Gasteiger partial charge in [-0.05, 0) is 42.7 Å². The van der Waals surface area contributed by atoms with Crippen LogP contribution in [0.3, 0.4) is 0 Å². The van der Waals surface area contributed by atoms with Gasteiger partial charge in [-0.25, -0.2) is 0 Å². The summed E-state index contributed by atoms with van der Waals surface area (Å²) in [5.74, 6) is 0.995. The monoisotopic (exact) mass is 437 g/mol. The first-order valence-electron chi connectivity index (χ1n) is 10.1. The van der Waals surface area contributed by atoms with Gasteiger partial charge in [0.1, 0.15) is 0 Å². The maximum Gasteiger partial charge on any atom is 0.251 e. The van der Waals surface area contributed by atoms with Crippen LogP contribution in [0.1, 0.15) is 54.5 Å². The molecule has 0 saturated carbocycles. The second kappa shape index (κ2) is 10.3. The quantitative estimate of drug-likeness (QED) is 0.517. The van der Waals surface area contributed by atoms with Crippen LogP contribution in [0.4, 0.5) is 5.69 Å². The average Bonchev–Trinajstić information content (AvgIpc) is 3.13. The largest absolute Gasteiger partial charge is 0.342 e. The topological polar surface area (TPSA) is 88.9 Å². The molecule has 0 aliphatic heterocycles. The Bertz CT molecular complexity index is 1030. The van der Waals surface area contributed by atoms with Crippen molar-refractivity contribution in [1.82, 2.24) is 20.1 Å². The first-order valence-corrected chi connectivity index (χ1v) is 11.1. The van der Waals surface area contributed by atoms with E-state index in [2.05, 4.69) is 34.7 Å². The minimum absolute atomic E-state index is 0.114. The van der Waals surface area contributed by atoms with Gasteiger partial charge in [0.25, 0.3) is 5.91 Å². The van der Waals surface area contributed by atoms with Crippen LogP contribution in [0, 0.1) is 0 Å². The molecule has 0 radical (unpaired) electrons. The van der Waals surface area contributed by atoms with Crippen LogP contribution in [0.25, 0.3) is 0 Å². The number of hydrogen-bond acceptors (Lipinski definition) is 5. The molecule has 0 bridgehead atoms.